The number of aromatic nitrogens is 1. The summed E-state index contributed by atoms with van der Waals surface area (Å²) in [5, 5.41) is 13.0. The van der Waals surface area contributed by atoms with Gasteiger partial charge < -0.3 is 14.4 Å². The topological polar surface area (TPSA) is 11.4 Å². The Balaban J connectivity index is 0.803. The van der Waals surface area contributed by atoms with Gasteiger partial charge in [0.15, 0.2) is 0 Å². The van der Waals surface area contributed by atoms with E-state index in [-0.39, 0.29) is 12.1 Å². The van der Waals surface area contributed by atoms with Gasteiger partial charge in [-0.2, -0.15) is 0 Å². The lowest BCUT2D eigenvalue weighted by atomic mass is 9.33. The van der Waals surface area contributed by atoms with Crippen molar-refractivity contribution in [3.63, 3.8) is 0 Å². The molecule has 0 fully saturated rings. The lowest BCUT2D eigenvalue weighted by molar-refractivity contribution is 0.411. The molecule has 2 aliphatic heterocycles. The smallest absolute Gasteiger partial charge is 0.252 e. The molecule has 0 bridgehead atoms. The lowest BCUT2D eigenvalue weighted by Crippen LogP contribution is -2.62. The summed E-state index contributed by atoms with van der Waals surface area (Å²) in [6.45, 7) is 8.57. The van der Waals surface area contributed by atoms with Crippen LogP contribution in [0.25, 0.3) is 137 Å². The van der Waals surface area contributed by atoms with Crippen LogP contribution in [-0.2, 0) is 25.7 Å². The van der Waals surface area contributed by atoms with Crippen molar-refractivity contribution < 1.29 is 0 Å². The summed E-state index contributed by atoms with van der Waals surface area (Å²) in [5.41, 5.74) is 33.9. The van der Waals surface area contributed by atoms with Crippen LogP contribution in [0, 0.1) is 5.41 Å². The summed E-state index contributed by atoms with van der Waals surface area (Å²) in [5.74, 6) is 0. The second-order valence-corrected chi connectivity index (χ2v) is 32.3. The van der Waals surface area contributed by atoms with Crippen molar-refractivity contribution in [2.24, 2.45) is 5.41 Å². The van der Waals surface area contributed by atoms with E-state index in [1.54, 1.807) is 0 Å². The molecule has 112 heavy (non-hydrogen) atoms. The molecule has 0 spiro atoms. The molecule has 0 N–H and O–H groups in total. The zero-order chi connectivity index (χ0) is 74.5. The van der Waals surface area contributed by atoms with Gasteiger partial charge in [-0.25, -0.2) is 0 Å². The van der Waals surface area contributed by atoms with Crippen LogP contribution in [0.15, 0.2) is 370 Å². The average molecular weight is 1430 g/mol. The molecule has 18 aromatic carbocycles. The summed E-state index contributed by atoms with van der Waals surface area (Å²) in [6.07, 6.45) is 3.19. The first-order valence-electron chi connectivity index (χ1n) is 39.9. The number of hydrogen-bond donors (Lipinski definition) is 0. The molecule has 0 unspecified atom stereocenters. The first-order chi connectivity index (χ1) is 55.2. The van der Waals surface area contributed by atoms with Crippen LogP contribution >= 0.6 is 0 Å². The first kappa shape index (κ1) is 66.9. The summed E-state index contributed by atoms with van der Waals surface area (Å²) in [6, 6.07) is 140. The highest BCUT2D eigenvalue weighted by molar-refractivity contribution is 7.00. The highest BCUT2D eigenvalue weighted by Crippen LogP contribution is 2.47. The van der Waals surface area contributed by atoms with E-state index in [0.717, 1.165) is 37.9 Å². The van der Waals surface area contributed by atoms with Crippen LogP contribution in [-0.4, -0.2) is 24.4 Å². The predicted octanol–water partition coefficient (Wildman–Crippen LogP) is 25.9. The van der Waals surface area contributed by atoms with E-state index in [4.69, 9.17) is 0 Å². The molecule has 4 heteroatoms. The zero-order valence-electron chi connectivity index (χ0n) is 63.4. The first-order valence-corrected chi connectivity index (χ1v) is 39.9. The standard InChI is InChI=1S/C108H82BN3/c1-108(2,3)70-73-63-103-107-104(64-73)111(58-56-86-94(78-37-18-8-19-38-78)67-83(75-31-12-5-13-32-75)68-95(86)79-39-20-9-21-40-79)102-69-84(112-99-49-24-22-44-87(99)88-45-23-25-50-100(88)112)52-54-98(102)109(107)97-53-51-71(59-72-60-81-43-28-47-90-89-46-26-41-80-42-27-48-91(105(80)89)96(61-72)106(81)90)62-101(97)110(103)57-55-85-92(76-33-14-6-15-34-76)65-82(74-29-10-4-11-30-74)66-93(85)77-35-16-7-17-36-77/h4-54,60-69H,55-59,70H2,1-3H3. The summed E-state index contributed by atoms with van der Waals surface area (Å²) < 4.78 is 2.52. The third kappa shape index (κ3) is 11.7. The maximum Gasteiger partial charge on any atom is 0.252 e. The van der Waals surface area contributed by atoms with Crippen molar-refractivity contribution in [2.75, 3.05) is 22.9 Å². The molecule has 532 valence electrons. The van der Waals surface area contributed by atoms with Gasteiger partial charge >= 0.3 is 0 Å². The highest BCUT2D eigenvalue weighted by Gasteiger charge is 2.44. The molecule has 3 heterocycles. The highest BCUT2D eigenvalue weighted by atomic mass is 15.2. The normalized spacial score (nSPS) is 12.6. The maximum absolute atomic E-state index is 2.79. The van der Waals surface area contributed by atoms with Crippen LogP contribution < -0.4 is 26.2 Å². The van der Waals surface area contributed by atoms with Gasteiger partial charge in [0, 0.05) is 52.3 Å². The molecular formula is C108H82BN3. The summed E-state index contributed by atoms with van der Waals surface area (Å²) in [4.78, 5) is 5.57. The Morgan fingerprint density at radius 2 is 0.661 bits per heavy atom. The maximum atomic E-state index is 2.79. The molecule has 1 aromatic heterocycles. The van der Waals surface area contributed by atoms with Crippen LogP contribution in [0.2, 0.25) is 0 Å². The van der Waals surface area contributed by atoms with E-state index in [1.165, 1.54) is 199 Å². The minimum atomic E-state index is -0.105. The Kier molecular flexibility index (Phi) is 16.4. The molecule has 0 atom stereocenters. The largest absolute Gasteiger partial charge is 0.342 e. The Morgan fingerprint density at radius 3 is 1.12 bits per heavy atom. The Morgan fingerprint density at radius 1 is 0.277 bits per heavy atom. The molecule has 2 aliphatic rings. The lowest BCUT2D eigenvalue weighted by Gasteiger charge is -2.45. The van der Waals surface area contributed by atoms with Crippen molar-refractivity contribution in [2.45, 2.75) is 46.5 Å². The van der Waals surface area contributed by atoms with Gasteiger partial charge in [0.1, 0.15) is 0 Å². The van der Waals surface area contributed by atoms with Gasteiger partial charge in [-0.1, -0.05) is 324 Å². The number of anilines is 4. The molecule has 21 rings (SSSR count). The van der Waals surface area contributed by atoms with Gasteiger partial charge in [0.2, 0.25) is 0 Å². The van der Waals surface area contributed by atoms with Crippen molar-refractivity contribution >= 4 is 111 Å². The van der Waals surface area contributed by atoms with Crippen molar-refractivity contribution in [3.8, 4) is 72.4 Å². The van der Waals surface area contributed by atoms with Gasteiger partial charge in [0.05, 0.1) is 11.0 Å². The fourth-order valence-electron chi connectivity index (χ4n) is 19.4. The van der Waals surface area contributed by atoms with E-state index in [1.807, 2.05) is 0 Å². The second-order valence-electron chi connectivity index (χ2n) is 32.3. The Hall–Kier alpha value is -13.3. The summed E-state index contributed by atoms with van der Waals surface area (Å²) >= 11 is 0. The molecule has 3 nitrogen and oxygen atoms in total. The minimum absolute atomic E-state index is 0.0368. The Bertz CT molecular complexity index is 6660. The monoisotopic (exact) mass is 1430 g/mol. The molecule has 0 saturated heterocycles. The van der Waals surface area contributed by atoms with Crippen molar-refractivity contribution in [1.82, 2.24) is 4.57 Å². The fraction of sp³-hybridized carbons (Fsp3) is 0.0926. The average Bonchev–Trinajstić information content (AvgIpc) is 0.879. The van der Waals surface area contributed by atoms with Crippen LogP contribution in [0.3, 0.4) is 0 Å². The number of para-hydroxylation sites is 2. The van der Waals surface area contributed by atoms with Crippen LogP contribution in [0.5, 0.6) is 0 Å². The summed E-state index contributed by atoms with van der Waals surface area (Å²) in [7, 11) is 0. The number of rotatable bonds is 16. The van der Waals surface area contributed by atoms with E-state index in [2.05, 4.69) is 405 Å². The van der Waals surface area contributed by atoms with Crippen LogP contribution in [0.1, 0.15) is 48.6 Å². The van der Waals surface area contributed by atoms with Crippen LogP contribution in [0.4, 0.5) is 22.7 Å². The SMILES string of the molecule is CC(C)(C)Cc1cc2c3c(c1)N(CCc1c(-c4ccccc4)cc(-c4ccccc4)cc1-c1ccccc1)c1cc(-n4c5ccccc5c5ccccc54)ccc1B3c1ccc(Cc3cc4cccc5c6cccc7cccc(c(c3)c45)c76)cc1N2CCc1c(-c2ccccc2)cc(-c2ccccc2)cc1-c1ccccc1. The Labute approximate surface area is 656 Å². The third-order valence-electron chi connectivity index (χ3n) is 24.1. The van der Waals surface area contributed by atoms with E-state index in [9.17, 15) is 0 Å². The number of benzene rings is 18. The second kappa shape index (κ2) is 27.4. The van der Waals surface area contributed by atoms with E-state index < -0.39 is 0 Å². The third-order valence-corrected chi connectivity index (χ3v) is 24.1. The fourth-order valence-corrected chi connectivity index (χ4v) is 19.4. The number of fused-ring (bicyclic) bond motifs is 9. The predicted molar refractivity (Wildman–Crippen MR) is 479 cm³/mol. The molecule has 0 radical (unpaired) electrons. The number of nitrogens with zero attached hydrogens (tertiary/aromatic N) is 3. The van der Waals surface area contributed by atoms with Crippen molar-refractivity contribution in [3.05, 3.63) is 398 Å². The van der Waals surface area contributed by atoms with E-state index >= 15 is 0 Å². The number of hydrogen-bond acceptors (Lipinski definition) is 2. The molecule has 0 amide bonds. The zero-order valence-corrected chi connectivity index (χ0v) is 63.4. The quantitative estimate of drug-likeness (QED) is 0.0543. The minimum Gasteiger partial charge on any atom is -0.342 e. The van der Waals surface area contributed by atoms with Gasteiger partial charge in [-0.15, -0.1) is 0 Å². The van der Waals surface area contributed by atoms with Gasteiger partial charge in [0.25, 0.3) is 6.71 Å². The molecule has 0 aliphatic carbocycles. The molecule has 0 saturated carbocycles. The van der Waals surface area contributed by atoms with Gasteiger partial charge in [-0.05, 0) is 252 Å². The van der Waals surface area contributed by atoms with E-state index in [0.29, 0.717) is 6.54 Å². The van der Waals surface area contributed by atoms with Crippen molar-refractivity contribution in [1.29, 1.82) is 0 Å². The van der Waals surface area contributed by atoms with Gasteiger partial charge in [-0.3, -0.25) is 0 Å². The molecular weight excluding hydrogens is 1350 g/mol. The molecule has 19 aromatic rings.